The minimum absolute atomic E-state index is 0. The highest BCUT2D eigenvalue weighted by Gasteiger charge is 2.56. The first-order valence-electron chi connectivity index (χ1n) is 8.25. The summed E-state index contributed by atoms with van der Waals surface area (Å²) >= 11 is 0. The molecule has 3 heterocycles. The Bertz CT molecular complexity index is 567. The lowest BCUT2D eigenvalue weighted by molar-refractivity contribution is 0.185. The van der Waals surface area contributed by atoms with Gasteiger partial charge in [0.25, 0.3) is 0 Å². The van der Waals surface area contributed by atoms with Crippen molar-refractivity contribution in [3.8, 4) is 0 Å². The number of rotatable bonds is 3. The van der Waals surface area contributed by atoms with Crippen LogP contribution in [0.1, 0.15) is 18.4 Å². The van der Waals surface area contributed by atoms with E-state index < -0.39 is 0 Å². The predicted octanol–water partition coefficient (Wildman–Crippen LogP) is 2.18. The molecule has 0 radical (unpaired) electrons. The van der Waals surface area contributed by atoms with Crippen LogP contribution in [0.2, 0.25) is 0 Å². The maximum atomic E-state index is 13.1. The molecular weight excluding hydrogens is 317 g/mol. The summed E-state index contributed by atoms with van der Waals surface area (Å²) in [5, 5.41) is 6.49. The molecule has 0 aliphatic carbocycles. The van der Waals surface area contributed by atoms with Gasteiger partial charge in [0, 0.05) is 31.7 Å². The summed E-state index contributed by atoms with van der Waals surface area (Å²) in [6, 6.07) is 7.47. The van der Waals surface area contributed by atoms with Gasteiger partial charge in [0.05, 0.1) is 0 Å². The molecule has 2 amide bonds. The van der Waals surface area contributed by atoms with E-state index in [0.29, 0.717) is 36.9 Å². The minimum Gasteiger partial charge on any atom is -0.338 e. The first-order chi connectivity index (χ1) is 10.7. The molecule has 0 unspecified atom stereocenters. The molecule has 0 aromatic heterocycles. The second kappa shape index (κ2) is 6.65. The number of hydrogen-bond donors (Lipinski definition) is 2. The van der Waals surface area contributed by atoms with Crippen LogP contribution in [-0.2, 0) is 6.42 Å². The van der Waals surface area contributed by atoms with Crippen molar-refractivity contribution in [3.05, 3.63) is 35.6 Å². The lowest BCUT2D eigenvalue weighted by Gasteiger charge is -2.25. The fourth-order valence-corrected chi connectivity index (χ4v) is 4.67. The van der Waals surface area contributed by atoms with Gasteiger partial charge < -0.3 is 15.5 Å². The Hall–Kier alpha value is -1.33. The third-order valence-corrected chi connectivity index (χ3v) is 5.58. The third kappa shape index (κ3) is 2.92. The molecule has 4 atom stereocenters. The average Bonchev–Trinajstić information content (AvgIpc) is 3.19. The molecule has 0 saturated carbocycles. The van der Waals surface area contributed by atoms with Crippen LogP contribution in [0.15, 0.2) is 24.3 Å². The molecule has 4 rings (SSSR count). The lowest BCUT2D eigenvalue weighted by atomic mass is 9.82. The van der Waals surface area contributed by atoms with Crippen molar-refractivity contribution >= 4 is 18.4 Å². The number of hydrogen-bond acceptors (Lipinski definition) is 2. The molecule has 6 heteroatoms. The van der Waals surface area contributed by atoms with E-state index in [4.69, 9.17) is 0 Å². The fourth-order valence-electron chi connectivity index (χ4n) is 4.67. The Balaban J connectivity index is 0.00000156. The molecule has 3 fully saturated rings. The van der Waals surface area contributed by atoms with Crippen molar-refractivity contribution in [2.45, 2.75) is 31.3 Å². The van der Waals surface area contributed by atoms with Crippen LogP contribution in [0.4, 0.5) is 9.18 Å². The number of carbonyl (C=O) groups is 1. The van der Waals surface area contributed by atoms with Crippen LogP contribution < -0.4 is 10.6 Å². The van der Waals surface area contributed by atoms with E-state index in [9.17, 15) is 9.18 Å². The molecule has 3 aliphatic heterocycles. The van der Waals surface area contributed by atoms with Gasteiger partial charge in [-0.1, -0.05) is 12.1 Å². The zero-order valence-corrected chi connectivity index (χ0v) is 13.8. The van der Waals surface area contributed by atoms with Gasteiger partial charge in [0.1, 0.15) is 5.82 Å². The molecule has 3 aliphatic rings. The second-order valence-corrected chi connectivity index (χ2v) is 6.72. The third-order valence-electron chi connectivity index (χ3n) is 5.58. The number of nitrogens with one attached hydrogen (secondary N) is 2. The number of amides is 2. The number of carbonyl (C=O) groups excluding carboxylic acids is 1. The van der Waals surface area contributed by atoms with Gasteiger partial charge in [-0.3, -0.25) is 0 Å². The van der Waals surface area contributed by atoms with E-state index in [2.05, 4.69) is 15.5 Å². The highest BCUT2D eigenvalue weighted by molar-refractivity contribution is 5.85. The highest BCUT2D eigenvalue weighted by atomic mass is 35.5. The van der Waals surface area contributed by atoms with Crippen molar-refractivity contribution in [3.63, 3.8) is 0 Å². The Morgan fingerprint density at radius 3 is 2.61 bits per heavy atom. The van der Waals surface area contributed by atoms with Gasteiger partial charge in [-0.05, 0) is 48.8 Å². The summed E-state index contributed by atoms with van der Waals surface area (Å²) in [7, 11) is 0. The number of benzene rings is 1. The normalized spacial score (nSPS) is 30.9. The van der Waals surface area contributed by atoms with Gasteiger partial charge in [0.15, 0.2) is 0 Å². The summed E-state index contributed by atoms with van der Waals surface area (Å²) in [6.45, 7) is 2.67. The van der Waals surface area contributed by atoms with E-state index in [1.807, 2.05) is 6.07 Å². The number of fused-ring (bicyclic) bond motifs is 5. The molecule has 126 valence electrons. The smallest absolute Gasteiger partial charge is 0.317 e. The van der Waals surface area contributed by atoms with Gasteiger partial charge in [-0.15, -0.1) is 12.4 Å². The van der Waals surface area contributed by atoms with Crippen molar-refractivity contribution < 1.29 is 9.18 Å². The van der Waals surface area contributed by atoms with Crippen molar-refractivity contribution in [2.75, 3.05) is 19.6 Å². The van der Waals surface area contributed by atoms with Crippen LogP contribution in [-0.4, -0.2) is 42.6 Å². The van der Waals surface area contributed by atoms with E-state index in [0.717, 1.165) is 31.5 Å². The molecule has 0 spiro atoms. The molecule has 23 heavy (non-hydrogen) atoms. The van der Waals surface area contributed by atoms with Gasteiger partial charge in [-0.25, -0.2) is 9.18 Å². The first-order valence-corrected chi connectivity index (χ1v) is 8.25. The van der Waals surface area contributed by atoms with Gasteiger partial charge >= 0.3 is 6.03 Å². The Morgan fingerprint density at radius 1 is 1.26 bits per heavy atom. The van der Waals surface area contributed by atoms with Crippen LogP contribution in [0.3, 0.4) is 0 Å². The molecule has 2 N–H and O–H groups in total. The van der Waals surface area contributed by atoms with E-state index in [-0.39, 0.29) is 24.3 Å². The first kappa shape index (κ1) is 16.5. The molecule has 3 saturated heterocycles. The monoisotopic (exact) mass is 339 g/mol. The van der Waals surface area contributed by atoms with Gasteiger partial charge in [0.2, 0.25) is 0 Å². The van der Waals surface area contributed by atoms with Crippen molar-refractivity contribution in [1.82, 2.24) is 15.5 Å². The van der Waals surface area contributed by atoms with E-state index >= 15 is 0 Å². The average molecular weight is 340 g/mol. The largest absolute Gasteiger partial charge is 0.338 e. The number of halogens is 2. The number of urea groups is 1. The standard InChI is InChI=1S/C17H22FN3O.ClH/c18-12-3-1-2-11(8-12)6-7-20-17(22)21-15-4-5-16(21)14-10-19-9-13(14)15;/h1-3,8,13-16,19H,4-7,9-10H2,(H,20,22);1H/t13-,14+,15-,16+;. The quantitative estimate of drug-likeness (QED) is 0.886. The van der Waals surface area contributed by atoms with E-state index in [1.54, 1.807) is 6.07 Å². The summed E-state index contributed by atoms with van der Waals surface area (Å²) in [5.41, 5.74) is 0.922. The SMILES string of the molecule is Cl.O=C(NCCc1cccc(F)c1)N1[C@@H]2CC[C@H]1[C@H]1CNC[C@H]12. The predicted molar refractivity (Wildman–Crippen MR) is 89.2 cm³/mol. The van der Waals surface area contributed by atoms with Gasteiger partial charge in [-0.2, -0.15) is 0 Å². The molecular formula is C17H23ClFN3O. The van der Waals surface area contributed by atoms with Crippen LogP contribution in [0, 0.1) is 17.7 Å². The second-order valence-electron chi connectivity index (χ2n) is 6.72. The molecule has 1 aromatic rings. The van der Waals surface area contributed by atoms with Crippen LogP contribution >= 0.6 is 12.4 Å². The Labute approximate surface area is 142 Å². The topological polar surface area (TPSA) is 44.4 Å². The van der Waals surface area contributed by atoms with Crippen LogP contribution in [0.5, 0.6) is 0 Å². The maximum Gasteiger partial charge on any atom is 0.317 e. The van der Waals surface area contributed by atoms with E-state index in [1.165, 1.54) is 12.1 Å². The summed E-state index contributed by atoms with van der Waals surface area (Å²) in [4.78, 5) is 14.6. The number of nitrogens with zero attached hydrogens (tertiary/aromatic N) is 1. The summed E-state index contributed by atoms with van der Waals surface area (Å²) in [6.07, 6.45) is 2.96. The Kier molecular flexibility index (Phi) is 4.78. The maximum absolute atomic E-state index is 13.1. The van der Waals surface area contributed by atoms with Crippen molar-refractivity contribution in [2.24, 2.45) is 11.8 Å². The minimum atomic E-state index is -0.221. The summed E-state index contributed by atoms with van der Waals surface area (Å²) in [5.74, 6) is 1.07. The zero-order chi connectivity index (χ0) is 15.1. The summed E-state index contributed by atoms with van der Waals surface area (Å²) < 4.78 is 13.1. The zero-order valence-electron chi connectivity index (χ0n) is 13.0. The van der Waals surface area contributed by atoms with Crippen molar-refractivity contribution in [1.29, 1.82) is 0 Å². The fraction of sp³-hybridized carbons (Fsp3) is 0.588. The Morgan fingerprint density at radius 2 is 1.96 bits per heavy atom. The highest BCUT2D eigenvalue weighted by Crippen LogP contribution is 2.47. The lowest BCUT2D eigenvalue weighted by Crippen LogP contribution is -2.45. The van der Waals surface area contributed by atoms with Crippen LogP contribution in [0.25, 0.3) is 0 Å². The molecule has 2 bridgehead atoms. The molecule has 4 nitrogen and oxygen atoms in total. The molecule has 1 aromatic carbocycles.